The van der Waals surface area contributed by atoms with Gasteiger partial charge in [0.05, 0.1) is 23.9 Å². The third-order valence-corrected chi connectivity index (χ3v) is 3.23. The van der Waals surface area contributed by atoms with Gasteiger partial charge < -0.3 is 14.1 Å². The van der Waals surface area contributed by atoms with Crippen molar-refractivity contribution in [2.75, 3.05) is 24.6 Å². The van der Waals surface area contributed by atoms with Gasteiger partial charge >= 0.3 is 0 Å². The van der Waals surface area contributed by atoms with Gasteiger partial charge in [-0.05, 0) is 28.1 Å². The Labute approximate surface area is 113 Å². The van der Waals surface area contributed by atoms with E-state index in [4.69, 9.17) is 9.15 Å². The molecule has 94 valence electrons. The number of anilines is 1. The van der Waals surface area contributed by atoms with Gasteiger partial charge in [-0.2, -0.15) is 0 Å². The highest BCUT2D eigenvalue weighted by Gasteiger charge is 2.25. The van der Waals surface area contributed by atoms with Crippen molar-refractivity contribution in [3.63, 3.8) is 0 Å². The second kappa shape index (κ2) is 5.07. The van der Waals surface area contributed by atoms with Crippen molar-refractivity contribution in [3.05, 3.63) is 41.0 Å². The standard InChI is InChI=1S/C12H12BrN3O2/c13-9-6-14-12(15-7-9)16-3-5-18-11(8-16)10-2-1-4-17-10/h1-2,4,6-7,11H,3,5,8H2. The molecule has 0 radical (unpaired) electrons. The molecule has 0 spiro atoms. The number of ether oxygens (including phenoxy) is 1. The first-order chi connectivity index (χ1) is 8.83. The summed E-state index contributed by atoms with van der Waals surface area (Å²) >= 11 is 3.33. The molecule has 0 bridgehead atoms. The monoisotopic (exact) mass is 309 g/mol. The van der Waals surface area contributed by atoms with Crippen LogP contribution in [0.15, 0.2) is 39.7 Å². The van der Waals surface area contributed by atoms with Crippen LogP contribution in [0.3, 0.4) is 0 Å². The van der Waals surface area contributed by atoms with Crippen LogP contribution in [0.2, 0.25) is 0 Å². The molecule has 1 aliphatic heterocycles. The molecule has 1 unspecified atom stereocenters. The Morgan fingerprint density at radius 3 is 2.89 bits per heavy atom. The Morgan fingerprint density at radius 2 is 2.17 bits per heavy atom. The van der Waals surface area contributed by atoms with E-state index in [0.717, 1.165) is 22.7 Å². The van der Waals surface area contributed by atoms with E-state index in [1.165, 1.54) is 0 Å². The second-order valence-electron chi connectivity index (χ2n) is 4.02. The van der Waals surface area contributed by atoms with E-state index in [1.54, 1.807) is 18.7 Å². The molecule has 2 aromatic rings. The molecule has 0 N–H and O–H groups in total. The van der Waals surface area contributed by atoms with E-state index in [0.29, 0.717) is 13.2 Å². The van der Waals surface area contributed by atoms with Gasteiger partial charge in [0.2, 0.25) is 5.95 Å². The highest BCUT2D eigenvalue weighted by Crippen LogP contribution is 2.24. The first kappa shape index (κ1) is 11.7. The molecule has 6 heteroatoms. The maximum absolute atomic E-state index is 5.70. The number of furan rings is 1. The molecule has 1 saturated heterocycles. The number of halogens is 1. The Morgan fingerprint density at radius 1 is 1.33 bits per heavy atom. The zero-order valence-electron chi connectivity index (χ0n) is 9.62. The van der Waals surface area contributed by atoms with E-state index < -0.39 is 0 Å². The minimum Gasteiger partial charge on any atom is -0.467 e. The van der Waals surface area contributed by atoms with Crippen molar-refractivity contribution in [2.45, 2.75) is 6.10 Å². The van der Waals surface area contributed by atoms with Crippen molar-refractivity contribution < 1.29 is 9.15 Å². The lowest BCUT2D eigenvalue weighted by Crippen LogP contribution is -2.39. The summed E-state index contributed by atoms with van der Waals surface area (Å²) < 4.78 is 12.0. The normalized spacial score (nSPS) is 20.1. The third-order valence-electron chi connectivity index (χ3n) is 2.82. The minimum absolute atomic E-state index is 0.0546. The molecule has 2 aromatic heterocycles. The molecule has 0 aromatic carbocycles. The summed E-state index contributed by atoms with van der Waals surface area (Å²) in [5.41, 5.74) is 0. The Kier molecular flexibility index (Phi) is 3.29. The molecule has 0 amide bonds. The molecule has 3 rings (SSSR count). The van der Waals surface area contributed by atoms with Gasteiger partial charge in [-0.1, -0.05) is 0 Å². The molecular weight excluding hydrogens is 298 g/mol. The van der Waals surface area contributed by atoms with E-state index in [2.05, 4.69) is 30.8 Å². The summed E-state index contributed by atoms with van der Waals surface area (Å²) in [5.74, 6) is 1.56. The predicted octanol–water partition coefficient (Wildman–Crippen LogP) is 2.41. The second-order valence-corrected chi connectivity index (χ2v) is 4.94. The maximum atomic E-state index is 5.70. The van der Waals surface area contributed by atoms with Crippen LogP contribution in [0.4, 0.5) is 5.95 Å². The summed E-state index contributed by atoms with van der Waals surface area (Å²) in [6, 6.07) is 3.80. The topological polar surface area (TPSA) is 51.4 Å². The third kappa shape index (κ3) is 2.39. The van der Waals surface area contributed by atoms with E-state index in [-0.39, 0.29) is 6.10 Å². The largest absolute Gasteiger partial charge is 0.467 e. The molecule has 1 aliphatic rings. The summed E-state index contributed by atoms with van der Waals surface area (Å²) in [5, 5.41) is 0. The van der Waals surface area contributed by atoms with Crippen molar-refractivity contribution in [3.8, 4) is 0 Å². The number of rotatable bonds is 2. The van der Waals surface area contributed by atoms with E-state index >= 15 is 0 Å². The highest BCUT2D eigenvalue weighted by molar-refractivity contribution is 9.10. The lowest BCUT2D eigenvalue weighted by atomic mass is 10.2. The fourth-order valence-corrected chi connectivity index (χ4v) is 2.15. The molecule has 5 nitrogen and oxygen atoms in total. The lowest BCUT2D eigenvalue weighted by Gasteiger charge is -2.31. The first-order valence-corrected chi connectivity index (χ1v) is 6.50. The quantitative estimate of drug-likeness (QED) is 0.852. The molecular formula is C12H12BrN3O2. The molecule has 3 heterocycles. The van der Waals surface area contributed by atoms with Gasteiger partial charge in [0.25, 0.3) is 0 Å². The zero-order chi connectivity index (χ0) is 12.4. The first-order valence-electron chi connectivity index (χ1n) is 5.70. The summed E-state index contributed by atoms with van der Waals surface area (Å²) in [6.07, 6.45) is 5.11. The van der Waals surface area contributed by atoms with E-state index in [1.807, 2.05) is 12.1 Å². The number of nitrogens with zero attached hydrogens (tertiary/aromatic N) is 3. The molecule has 0 aliphatic carbocycles. The molecule has 0 saturated carbocycles. The molecule has 18 heavy (non-hydrogen) atoms. The zero-order valence-corrected chi connectivity index (χ0v) is 11.2. The van der Waals surface area contributed by atoms with Crippen LogP contribution in [-0.4, -0.2) is 29.7 Å². The number of hydrogen-bond acceptors (Lipinski definition) is 5. The lowest BCUT2D eigenvalue weighted by molar-refractivity contribution is 0.0252. The molecule has 1 atom stereocenters. The maximum Gasteiger partial charge on any atom is 0.225 e. The van der Waals surface area contributed by atoms with Crippen LogP contribution < -0.4 is 4.90 Å². The Hall–Kier alpha value is -1.40. The van der Waals surface area contributed by atoms with Gasteiger partial charge in [0.1, 0.15) is 11.9 Å². The highest BCUT2D eigenvalue weighted by atomic mass is 79.9. The average Bonchev–Trinajstić information content (AvgIpc) is 2.94. The van der Waals surface area contributed by atoms with Gasteiger partial charge in [-0.3, -0.25) is 0 Å². The summed E-state index contributed by atoms with van der Waals surface area (Å²) in [4.78, 5) is 10.7. The Balaban J connectivity index is 1.76. The van der Waals surface area contributed by atoms with Crippen molar-refractivity contribution in [1.82, 2.24) is 9.97 Å². The number of aromatic nitrogens is 2. The summed E-state index contributed by atoms with van der Waals surface area (Å²) in [7, 11) is 0. The van der Waals surface area contributed by atoms with Crippen molar-refractivity contribution >= 4 is 21.9 Å². The van der Waals surface area contributed by atoms with Crippen LogP contribution in [0.25, 0.3) is 0 Å². The fraction of sp³-hybridized carbons (Fsp3) is 0.333. The van der Waals surface area contributed by atoms with Crippen LogP contribution in [0.1, 0.15) is 11.9 Å². The van der Waals surface area contributed by atoms with Crippen molar-refractivity contribution in [1.29, 1.82) is 0 Å². The Bertz CT molecular complexity index is 501. The predicted molar refractivity (Wildman–Crippen MR) is 69.3 cm³/mol. The van der Waals surface area contributed by atoms with Crippen LogP contribution >= 0.6 is 15.9 Å². The van der Waals surface area contributed by atoms with Crippen LogP contribution in [-0.2, 0) is 4.74 Å². The van der Waals surface area contributed by atoms with Crippen LogP contribution in [0, 0.1) is 0 Å². The minimum atomic E-state index is -0.0546. The van der Waals surface area contributed by atoms with E-state index in [9.17, 15) is 0 Å². The molecule has 1 fully saturated rings. The number of morpholine rings is 1. The van der Waals surface area contributed by atoms with Crippen molar-refractivity contribution in [2.24, 2.45) is 0 Å². The number of hydrogen-bond donors (Lipinski definition) is 0. The van der Waals surface area contributed by atoms with Crippen LogP contribution in [0.5, 0.6) is 0 Å². The SMILES string of the molecule is Brc1cnc(N2CCOC(c3ccco3)C2)nc1. The average molecular weight is 310 g/mol. The van der Waals surface area contributed by atoms with Gasteiger partial charge in [-0.25, -0.2) is 9.97 Å². The smallest absolute Gasteiger partial charge is 0.225 e. The fourth-order valence-electron chi connectivity index (χ4n) is 1.95. The summed E-state index contributed by atoms with van der Waals surface area (Å²) in [6.45, 7) is 2.14. The van der Waals surface area contributed by atoms with Gasteiger partial charge in [0.15, 0.2) is 0 Å². The van der Waals surface area contributed by atoms with Gasteiger partial charge in [0, 0.05) is 18.9 Å². The van der Waals surface area contributed by atoms with Gasteiger partial charge in [-0.15, -0.1) is 0 Å².